The van der Waals surface area contributed by atoms with Crippen molar-refractivity contribution in [2.75, 3.05) is 41.2 Å². The highest BCUT2D eigenvalue weighted by atomic mass is 32.1. The highest BCUT2D eigenvalue weighted by molar-refractivity contribution is 7.07. The number of nitrogens with zero attached hydrogens (tertiary/aromatic N) is 2. The number of allylic oxidation sites excluding steroid dienone is 1. The number of ether oxygens (including phenoxy) is 5. The zero-order valence-electron chi connectivity index (χ0n) is 23.6. The first-order valence-electron chi connectivity index (χ1n) is 13.0. The van der Waals surface area contributed by atoms with Crippen molar-refractivity contribution in [3.63, 3.8) is 0 Å². The van der Waals surface area contributed by atoms with Crippen molar-refractivity contribution in [2.45, 2.75) is 33.2 Å². The van der Waals surface area contributed by atoms with Crippen molar-refractivity contribution < 1.29 is 28.5 Å². The van der Waals surface area contributed by atoms with Crippen molar-refractivity contribution in [3.8, 4) is 17.2 Å². The predicted molar refractivity (Wildman–Crippen MR) is 153 cm³/mol. The molecule has 2 heterocycles. The average Bonchev–Trinajstić information content (AvgIpc) is 3.25. The molecule has 212 valence electrons. The van der Waals surface area contributed by atoms with Crippen LogP contribution in [0, 0.1) is 6.92 Å². The molecule has 0 amide bonds. The van der Waals surface area contributed by atoms with Gasteiger partial charge >= 0.3 is 5.97 Å². The van der Waals surface area contributed by atoms with Gasteiger partial charge in [0.2, 0.25) is 0 Å². The normalized spacial score (nSPS) is 14.9. The van der Waals surface area contributed by atoms with Gasteiger partial charge in [-0.2, -0.15) is 0 Å². The lowest BCUT2D eigenvalue weighted by Crippen LogP contribution is -2.40. The van der Waals surface area contributed by atoms with Crippen LogP contribution in [0.5, 0.6) is 17.2 Å². The Kier molecular flexibility index (Phi) is 9.44. The lowest BCUT2D eigenvalue weighted by atomic mass is 9.94. The number of para-hydroxylation sites is 1. The number of hydrogen-bond acceptors (Lipinski definition) is 9. The van der Waals surface area contributed by atoms with E-state index in [1.54, 1.807) is 33.3 Å². The number of thiazole rings is 1. The molecule has 3 aromatic rings. The van der Waals surface area contributed by atoms with Gasteiger partial charge in [-0.05, 0) is 49.6 Å². The van der Waals surface area contributed by atoms with E-state index in [1.165, 1.54) is 23.0 Å². The Hall–Kier alpha value is -3.89. The van der Waals surface area contributed by atoms with Crippen LogP contribution in [-0.4, -0.2) is 51.7 Å². The first-order valence-corrected chi connectivity index (χ1v) is 13.8. The van der Waals surface area contributed by atoms with E-state index in [0.29, 0.717) is 38.7 Å². The number of carbonyl (C=O) groups excluding carboxylic acids is 1. The van der Waals surface area contributed by atoms with E-state index in [4.69, 9.17) is 23.7 Å². The Morgan fingerprint density at radius 2 is 1.82 bits per heavy atom. The highest BCUT2D eigenvalue weighted by Gasteiger charge is 2.36. The molecule has 1 atom stereocenters. The molecule has 10 heteroatoms. The van der Waals surface area contributed by atoms with Crippen LogP contribution in [0.2, 0.25) is 0 Å². The van der Waals surface area contributed by atoms with E-state index in [2.05, 4.69) is 4.99 Å². The monoisotopic (exact) mass is 566 g/mol. The molecule has 4 rings (SSSR count). The number of carbonyl (C=O) groups is 1. The van der Waals surface area contributed by atoms with Crippen molar-refractivity contribution >= 4 is 23.4 Å². The molecule has 0 fully saturated rings. The molecule has 0 unspecified atom stereocenters. The number of fused-ring (bicyclic) bond motifs is 1. The number of methoxy groups -OCH3 is 3. The standard InChI is InChI=1S/C30H34N2O7S/c1-7-13-38-27-21(9-8-10-22(27)36-5)26-25(29(34)39-15-14-35-4)19(3)31-30-32(26)28(33)24(40-30)17-20-12-11-18(2)23(16-20)37-6/h8-12,16-17,26H,7,13-15H2,1-6H3/b24-17+/t26-/m0/s1. The molecule has 0 N–H and O–H groups in total. The number of aromatic nitrogens is 1. The fourth-order valence-electron chi connectivity index (χ4n) is 4.52. The smallest absolute Gasteiger partial charge is 0.338 e. The molecule has 1 aliphatic rings. The van der Waals surface area contributed by atoms with Crippen LogP contribution in [0.15, 0.2) is 57.5 Å². The lowest BCUT2D eigenvalue weighted by molar-refractivity contribution is -0.140. The Morgan fingerprint density at radius 1 is 1.05 bits per heavy atom. The summed E-state index contributed by atoms with van der Waals surface area (Å²) in [6.07, 6.45) is 2.57. The third-order valence-electron chi connectivity index (χ3n) is 6.47. The van der Waals surface area contributed by atoms with Crippen LogP contribution in [0.1, 0.15) is 43.0 Å². The molecule has 2 aromatic carbocycles. The van der Waals surface area contributed by atoms with Crippen molar-refractivity contribution in [2.24, 2.45) is 4.99 Å². The summed E-state index contributed by atoms with van der Waals surface area (Å²) < 4.78 is 29.8. The predicted octanol–water partition coefficient (Wildman–Crippen LogP) is 3.54. The van der Waals surface area contributed by atoms with Crippen molar-refractivity contribution in [1.29, 1.82) is 0 Å². The topological polar surface area (TPSA) is 97.6 Å². The quantitative estimate of drug-likeness (QED) is 0.259. The molecule has 9 nitrogen and oxygen atoms in total. The maximum atomic E-state index is 14.0. The molecule has 40 heavy (non-hydrogen) atoms. The van der Waals surface area contributed by atoms with Crippen LogP contribution in [0.25, 0.3) is 6.08 Å². The Bertz CT molecular complexity index is 1600. The van der Waals surface area contributed by atoms with Gasteiger partial charge in [-0.15, -0.1) is 0 Å². The van der Waals surface area contributed by atoms with Gasteiger partial charge in [-0.1, -0.05) is 42.5 Å². The average molecular weight is 567 g/mol. The molecule has 1 aliphatic heterocycles. The van der Waals surface area contributed by atoms with Gasteiger partial charge in [-0.25, -0.2) is 9.79 Å². The fraction of sp³-hybridized carbons (Fsp3) is 0.367. The summed E-state index contributed by atoms with van der Waals surface area (Å²) in [5, 5.41) is 0. The van der Waals surface area contributed by atoms with Crippen LogP contribution in [0.4, 0.5) is 0 Å². The van der Waals surface area contributed by atoms with Gasteiger partial charge in [0.15, 0.2) is 16.3 Å². The van der Waals surface area contributed by atoms with Gasteiger partial charge in [-0.3, -0.25) is 9.36 Å². The summed E-state index contributed by atoms with van der Waals surface area (Å²) in [4.78, 5) is 32.6. The Labute approximate surface area is 236 Å². The third kappa shape index (κ3) is 5.83. The van der Waals surface area contributed by atoms with Crippen LogP contribution >= 0.6 is 11.3 Å². The Balaban J connectivity index is 1.96. The minimum absolute atomic E-state index is 0.0653. The van der Waals surface area contributed by atoms with Crippen LogP contribution in [-0.2, 0) is 14.3 Å². The van der Waals surface area contributed by atoms with Crippen molar-refractivity contribution in [3.05, 3.63) is 84.0 Å². The van der Waals surface area contributed by atoms with Gasteiger partial charge in [0, 0.05) is 12.7 Å². The maximum absolute atomic E-state index is 14.0. The van der Waals surface area contributed by atoms with E-state index < -0.39 is 12.0 Å². The summed E-state index contributed by atoms with van der Waals surface area (Å²) in [6, 6.07) is 10.3. The summed E-state index contributed by atoms with van der Waals surface area (Å²) in [7, 11) is 4.70. The summed E-state index contributed by atoms with van der Waals surface area (Å²) in [6.45, 7) is 6.44. The van der Waals surface area contributed by atoms with E-state index in [9.17, 15) is 9.59 Å². The first kappa shape index (κ1) is 29.1. The van der Waals surface area contributed by atoms with Crippen LogP contribution in [0.3, 0.4) is 0 Å². The third-order valence-corrected chi connectivity index (χ3v) is 7.45. The number of esters is 1. The molecule has 0 saturated carbocycles. The molecule has 0 spiro atoms. The maximum Gasteiger partial charge on any atom is 0.338 e. The zero-order chi connectivity index (χ0) is 28.8. The van der Waals surface area contributed by atoms with E-state index in [1.807, 2.05) is 44.2 Å². The SMILES string of the molecule is CCCOc1c(OC)cccc1[C@H]1C(C(=O)OCCOC)=C(C)N=c2s/c(=C/c3ccc(C)c(OC)c3)c(=O)n21. The van der Waals surface area contributed by atoms with E-state index in [0.717, 1.165) is 23.3 Å². The Morgan fingerprint density at radius 3 is 2.52 bits per heavy atom. The summed E-state index contributed by atoms with van der Waals surface area (Å²) >= 11 is 1.25. The highest BCUT2D eigenvalue weighted by Crippen LogP contribution is 2.40. The van der Waals surface area contributed by atoms with Gasteiger partial charge < -0.3 is 23.7 Å². The summed E-state index contributed by atoms with van der Waals surface area (Å²) in [5.41, 5.74) is 2.83. The number of rotatable bonds is 11. The van der Waals surface area contributed by atoms with Crippen LogP contribution < -0.4 is 29.1 Å². The van der Waals surface area contributed by atoms with E-state index in [-0.39, 0.29) is 24.3 Å². The number of benzene rings is 2. The fourth-order valence-corrected chi connectivity index (χ4v) is 5.56. The molecule has 0 aliphatic carbocycles. The summed E-state index contributed by atoms with van der Waals surface area (Å²) in [5.74, 6) is 1.11. The molecule has 0 saturated heterocycles. The van der Waals surface area contributed by atoms with Crippen molar-refractivity contribution in [1.82, 2.24) is 4.57 Å². The minimum atomic E-state index is -0.844. The molecule has 0 radical (unpaired) electrons. The van der Waals surface area contributed by atoms with E-state index >= 15 is 0 Å². The first-order chi connectivity index (χ1) is 19.3. The second kappa shape index (κ2) is 13.0. The largest absolute Gasteiger partial charge is 0.496 e. The van der Waals surface area contributed by atoms with Gasteiger partial charge in [0.1, 0.15) is 18.4 Å². The molecule has 1 aromatic heterocycles. The second-order valence-electron chi connectivity index (χ2n) is 9.17. The molecular weight excluding hydrogens is 532 g/mol. The number of hydrogen-bond donors (Lipinski definition) is 0. The lowest BCUT2D eigenvalue weighted by Gasteiger charge is -2.27. The zero-order valence-corrected chi connectivity index (χ0v) is 24.4. The molecular formula is C30H34N2O7S. The van der Waals surface area contributed by atoms with Gasteiger partial charge in [0.05, 0.1) is 43.2 Å². The molecule has 0 bridgehead atoms. The number of aryl methyl sites for hydroxylation is 1. The second-order valence-corrected chi connectivity index (χ2v) is 10.2. The van der Waals surface area contributed by atoms with Gasteiger partial charge in [0.25, 0.3) is 5.56 Å². The minimum Gasteiger partial charge on any atom is -0.496 e.